The normalized spacial score (nSPS) is 16.3. The summed E-state index contributed by atoms with van der Waals surface area (Å²) in [4.78, 5) is 15.8. The van der Waals surface area contributed by atoms with Crippen LogP contribution in [0.1, 0.15) is 18.4 Å². The molecule has 0 amide bonds. The van der Waals surface area contributed by atoms with Crippen LogP contribution in [0.2, 0.25) is 0 Å². The molecule has 1 saturated carbocycles. The Bertz CT molecular complexity index is 635. The summed E-state index contributed by atoms with van der Waals surface area (Å²) in [6.07, 6.45) is 1.97. The number of aliphatic carboxylic acids is 1. The van der Waals surface area contributed by atoms with Gasteiger partial charge in [0.2, 0.25) is 0 Å². The van der Waals surface area contributed by atoms with Gasteiger partial charge in [0.25, 0.3) is 0 Å². The van der Waals surface area contributed by atoms with Crippen LogP contribution < -0.4 is 5.32 Å². The maximum atomic E-state index is 11.3. The fourth-order valence-electron chi connectivity index (χ4n) is 2.33. The number of aryl methyl sites for hydroxylation is 1. The summed E-state index contributed by atoms with van der Waals surface area (Å²) < 4.78 is 0. The van der Waals surface area contributed by atoms with E-state index in [9.17, 15) is 9.90 Å². The van der Waals surface area contributed by atoms with Crippen LogP contribution in [0.4, 0.5) is 5.82 Å². The molecule has 3 rings (SSSR count). The van der Waals surface area contributed by atoms with Crippen molar-refractivity contribution < 1.29 is 9.90 Å². The van der Waals surface area contributed by atoms with Crippen LogP contribution in [0.25, 0.3) is 10.9 Å². The van der Waals surface area contributed by atoms with Gasteiger partial charge in [-0.3, -0.25) is 0 Å². The van der Waals surface area contributed by atoms with Crippen LogP contribution >= 0.6 is 0 Å². The Balaban J connectivity index is 1.95. The van der Waals surface area contributed by atoms with E-state index < -0.39 is 12.0 Å². The number of nitrogens with one attached hydrogen (secondary N) is 1. The van der Waals surface area contributed by atoms with Gasteiger partial charge in [0, 0.05) is 5.39 Å². The molecule has 0 saturated heterocycles. The molecule has 4 heteroatoms. The monoisotopic (exact) mass is 256 g/mol. The zero-order valence-electron chi connectivity index (χ0n) is 10.8. The molecule has 1 heterocycles. The quantitative estimate of drug-likeness (QED) is 0.883. The summed E-state index contributed by atoms with van der Waals surface area (Å²) >= 11 is 0. The van der Waals surface area contributed by atoms with Crippen molar-refractivity contribution in [3.05, 3.63) is 35.9 Å². The molecule has 0 radical (unpaired) electrons. The maximum Gasteiger partial charge on any atom is 0.326 e. The van der Waals surface area contributed by atoms with E-state index in [-0.39, 0.29) is 5.92 Å². The maximum absolute atomic E-state index is 11.3. The highest BCUT2D eigenvalue weighted by atomic mass is 16.4. The molecule has 1 unspecified atom stereocenters. The fourth-order valence-corrected chi connectivity index (χ4v) is 2.33. The lowest BCUT2D eigenvalue weighted by molar-refractivity contribution is -0.138. The minimum atomic E-state index is -0.795. The predicted octanol–water partition coefficient (Wildman–Crippen LogP) is 2.82. The number of carboxylic acid groups (broad SMARTS) is 1. The minimum Gasteiger partial charge on any atom is -0.480 e. The number of anilines is 1. The molecule has 2 N–H and O–H groups in total. The highest BCUT2D eigenvalue weighted by molar-refractivity contribution is 5.83. The summed E-state index contributed by atoms with van der Waals surface area (Å²) in [7, 11) is 0. The zero-order valence-corrected chi connectivity index (χ0v) is 10.8. The van der Waals surface area contributed by atoms with Gasteiger partial charge in [0.05, 0.1) is 5.52 Å². The van der Waals surface area contributed by atoms with Gasteiger partial charge in [-0.25, -0.2) is 9.78 Å². The molecule has 1 aliphatic rings. The second kappa shape index (κ2) is 4.53. The van der Waals surface area contributed by atoms with Gasteiger partial charge in [-0.1, -0.05) is 18.2 Å². The number of hydrogen-bond acceptors (Lipinski definition) is 3. The molecular weight excluding hydrogens is 240 g/mol. The third-order valence-electron chi connectivity index (χ3n) is 3.57. The third kappa shape index (κ3) is 2.38. The van der Waals surface area contributed by atoms with E-state index in [1.165, 1.54) is 0 Å². The molecule has 1 aliphatic carbocycles. The van der Waals surface area contributed by atoms with Crippen LogP contribution in [0.5, 0.6) is 0 Å². The highest BCUT2D eigenvalue weighted by Gasteiger charge is 2.36. The Kier molecular flexibility index (Phi) is 2.85. The van der Waals surface area contributed by atoms with Crippen molar-refractivity contribution in [2.24, 2.45) is 5.92 Å². The molecule has 1 fully saturated rings. The van der Waals surface area contributed by atoms with Gasteiger partial charge in [0.15, 0.2) is 0 Å². The first-order valence-corrected chi connectivity index (χ1v) is 6.51. The molecule has 0 spiro atoms. The predicted molar refractivity (Wildman–Crippen MR) is 74.3 cm³/mol. The zero-order chi connectivity index (χ0) is 13.4. The lowest BCUT2D eigenvalue weighted by atomic mass is 10.1. The molecule has 1 aromatic carbocycles. The molecule has 19 heavy (non-hydrogen) atoms. The number of fused-ring (bicyclic) bond motifs is 1. The summed E-state index contributed by atoms with van der Waals surface area (Å²) in [6.45, 7) is 1.95. The average Bonchev–Trinajstić information content (AvgIpc) is 3.20. The standard InChI is InChI=1S/C15H16N2O2/c1-9-8-11-4-2-3-5-12(11)16-14(9)17-13(15(18)19)10-6-7-10/h2-5,8,10,13H,6-7H2,1H3,(H,16,17)(H,18,19). The van der Waals surface area contributed by atoms with E-state index >= 15 is 0 Å². The van der Waals surface area contributed by atoms with Crippen LogP contribution in [-0.4, -0.2) is 22.1 Å². The van der Waals surface area contributed by atoms with E-state index in [0.29, 0.717) is 5.82 Å². The SMILES string of the molecule is Cc1cc2ccccc2nc1NC(C(=O)O)C1CC1. The smallest absolute Gasteiger partial charge is 0.326 e. The van der Waals surface area contributed by atoms with Gasteiger partial charge >= 0.3 is 5.97 Å². The van der Waals surface area contributed by atoms with Crippen LogP contribution in [0.15, 0.2) is 30.3 Å². The van der Waals surface area contributed by atoms with Gasteiger partial charge in [-0.15, -0.1) is 0 Å². The van der Waals surface area contributed by atoms with E-state index in [1.807, 2.05) is 37.3 Å². The van der Waals surface area contributed by atoms with Crippen molar-refractivity contribution >= 4 is 22.7 Å². The van der Waals surface area contributed by atoms with E-state index in [2.05, 4.69) is 10.3 Å². The number of hydrogen-bond donors (Lipinski definition) is 2. The lowest BCUT2D eigenvalue weighted by Crippen LogP contribution is -2.32. The number of rotatable bonds is 4. The molecule has 1 atom stereocenters. The second-order valence-electron chi connectivity index (χ2n) is 5.14. The topological polar surface area (TPSA) is 62.2 Å². The summed E-state index contributed by atoms with van der Waals surface area (Å²) in [5.74, 6) is 0.125. The lowest BCUT2D eigenvalue weighted by Gasteiger charge is -2.16. The van der Waals surface area contributed by atoms with Crippen LogP contribution in [-0.2, 0) is 4.79 Å². The van der Waals surface area contributed by atoms with E-state index in [1.54, 1.807) is 0 Å². The third-order valence-corrected chi connectivity index (χ3v) is 3.57. The molecule has 1 aromatic heterocycles. The highest BCUT2D eigenvalue weighted by Crippen LogP contribution is 2.34. The molecule has 2 aromatic rings. The number of aromatic nitrogens is 1. The largest absolute Gasteiger partial charge is 0.480 e. The molecular formula is C15H16N2O2. The molecule has 0 bridgehead atoms. The summed E-state index contributed by atoms with van der Waals surface area (Å²) in [5.41, 5.74) is 1.86. The first kappa shape index (κ1) is 12.0. The number of benzene rings is 1. The van der Waals surface area contributed by atoms with Gasteiger partial charge in [-0.05, 0) is 43.4 Å². The Hall–Kier alpha value is -2.10. The molecule has 4 nitrogen and oxygen atoms in total. The Labute approximate surface area is 111 Å². The van der Waals surface area contributed by atoms with Crippen molar-refractivity contribution in [3.63, 3.8) is 0 Å². The minimum absolute atomic E-state index is 0.241. The van der Waals surface area contributed by atoms with Crippen molar-refractivity contribution in [1.82, 2.24) is 4.98 Å². The van der Waals surface area contributed by atoms with E-state index in [4.69, 9.17) is 0 Å². The Morgan fingerprint density at radius 3 is 2.84 bits per heavy atom. The van der Waals surface area contributed by atoms with Crippen molar-refractivity contribution in [3.8, 4) is 0 Å². The van der Waals surface area contributed by atoms with Gasteiger partial charge in [0.1, 0.15) is 11.9 Å². The number of para-hydroxylation sites is 1. The first-order chi connectivity index (χ1) is 9.15. The van der Waals surface area contributed by atoms with Gasteiger partial charge in [-0.2, -0.15) is 0 Å². The Morgan fingerprint density at radius 1 is 1.42 bits per heavy atom. The number of pyridine rings is 1. The molecule has 0 aliphatic heterocycles. The fraction of sp³-hybridized carbons (Fsp3) is 0.333. The number of carboxylic acids is 1. The van der Waals surface area contributed by atoms with Crippen LogP contribution in [0, 0.1) is 12.8 Å². The average molecular weight is 256 g/mol. The summed E-state index contributed by atoms with van der Waals surface area (Å²) in [6, 6.07) is 9.37. The molecule has 98 valence electrons. The van der Waals surface area contributed by atoms with Crippen LogP contribution in [0.3, 0.4) is 0 Å². The number of nitrogens with zero attached hydrogens (tertiary/aromatic N) is 1. The van der Waals surface area contributed by atoms with Gasteiger partial charge < -0.3 is 10.4 Å². The first-order valence-electron chi connectivity index (χ1n) is 6.51. The number of carbonyl (C=O) groups is 1. The van der Waals surface area contributed by atoms with E-state index in [0.717, 1.165) is 29.3 Å². The summed E-state index contributed by atoms with van der Waals surface area (Å²) in [5, 5.41) is 13.4. The second-order valence-corrected chi connectivity index (χ2v) is 5.14. The van der Waals surface area contributed by atoms with Crippen molar-refractivity contribution in [2.75, 3.05) is 5.32 Å². The Morgan fingerprint density at radius 2 is 2.16 bits per heavy atom. The van der Waals surface area contributed by atoms with Crippen molar-refractivity contribution in [1.29, 1.82) is 0 Å². The van der Waals surface area contributed by atoms with Crippen molar-refractivity contribution in [2.45, 2.75) is 25.8 Å².